The number of para-hydroxylation sites is 1. The van der Waals surface area contributed by atoms with Crippen molar-refractivity contribution in [2.24, 2.45) is 0 Å². The van der Waals surface area contributed by atoms with Gasteiger partial charge in [-0.15, -0.1) is 11.3 Å². The van der Waals surface area contributed by atoms with Gasteiger partial charge in [0.1, 0.15) is 11.2 Å². The minimum absolute atomic E-state index is 0.0440. The summed E-state index contributed by atoms with van der Waals surface area (Å²) in [6.07, 6.45) is 0. The SMILES string of the molecule is CC1(C)c2cc(-c3ccc(-c4ccc(N(c5ccc(-c6ccccc6)cc5)c5ccc6c(c5)oc5ccccc56)cc4)cc3)ccc2-c2sc3ccccc3c21. The summed E-state index contributed by atoms with van der Waals surface area (Å²) >= 11 is 1.93. The Bertz CT molecular complexity index is 3080. The molecule has 266 valence electrons. The predicted molar refractivity (Wildman–Crippen MR) is 238 cm³/mol. The highest BCUT2D eigenvalue weighted by atomic mass is 32.1. The average molecular weight is 736 g/mol. The molecular weight excluding hydrogens is 699 g/mol. The Morgan fingerprint density at radius 2 is 0.946 bits per heavy atom. The van der Waals surface area contributed by atoms with Crippen molar-refractivity contribution in [3.05, 3.63) is 199 Å². The molecule has 0 saturated heterocycles. The quantitative estimate of drug-likeness (QED) is 0.169. The summed E-state index contributed by atoms with van der Waals surface area (Å²) < 4.78 is 7.72. The zero-order valence-corrected chi connectivity index (χ0v) is 32.0. The first kappa shape index (κ1) is 32.7. The molecule has 0 N–H and O–H groups in total. The first-order valence-corrected chi connectivity index (χ1v) is 20.1. The molecule has 0 amide bonds. The molecule has 0 bridgehead atoms. The van der Waals surface area contributed by atoms with Crippen LogP contribution in [0.1, 0.15) is 25.0 Å². The zero-order chi connectivity index (χ0) is 37.4. The lowest BCUT2D eigenvalue weighted by atomic mass is 9.80. The highest BCUT2D eigenvalue weighted by Crippen LogP contribution is 2.56. The summed E-state index contributed by atoms with van der Waals surface area (Å²) in [6.45, 7) is 4.76. The Hall–Kier alpha value is -6.68. The molecule has 10 aromatic rings. The van der Waals surface area contributed by atoms with Gasteiger partial charge in [0.25, 0.3) is 0 Å². The molecule has 0 radical (unpaired) electrons. The van der Waals surface area contributed by atoms with Crippen LogP contribution in [0.3, 0.4) is 0 Å². The number of nitrogens with zero attached hydrogens (tertiary/aromatic N) is 1. The fourth-order valence-corrected chi connectivity index (χ4v) is 10.2. The maximum atomic E-state index is 6.34. The largest absolute Gasteiger partial charge is 0.456 e. The van der Waals surface area contributed by atoms with Gasteiger partial charge in [-0.1, -0.05) is 141 Å². The lowest BCUT2D eigenvalue weighted by Crippen LogP contribution is -2.15. The van der Waals surface area contributed by atoms with Gasteiger partial charge >= 0.3 is 0 Å². The topological polar surface area (TPSA) is 16.4 Å². The number of furan rings is 1. The van der Waals surface area contributed by atoms with Crippen LogP contribution >= 0.6 is 11.3 Å². The van der Waals surface area contributed by atoms with Gasteiger partial charge in [-0.3, -0.25) is 0 Å². The third-order valence-electron chi connectivity index (χ3n) is 11.7. The van der Waals surface area contributed by atoms with Gasteiger partial charge in [0, 0.05) is 48.9 Å². The van der Waals surface area contributed by atoms with Crippen molar-refractivity contribution in [2.45, 2.75) is 19.3 Å². The van der Waals surface area contributed by atoms with Crippen LogP contribution < -0.4 is 4.90 Å². The third kappa shape index (κ3) is 5.23. The van der Waals surface area contributed by atoms with Gasteiger partial charge < -0.3 is 9.32 Å². The van der Waals surface area contributed by atoms with Crippen LogP contribution in [0.15, 0.2) is 192 Å². The van der Waals surface area contributed by atoms with E-state index in [-0.39, 0.29) is 5.41 Å². The first-order chi connectivity index (χ1) is 27.5. The Labute approximate surface area is 330 Å². The van der Waals surface area contributed by atoms with E-state index >= 15 is 0 Å². The molecular formula is C53H37NOS. The first-order valence-electron chi connectivity index (χ1n) is 19.2. The number of fused-ring (bicyclic) bond motifs is 8. The van der Waals surface area contributed by atoms with E-state index in [2.05, 4.69) is 195 Å². The van der Waals surface area contributed by atoms with Gasteiger partial charge in [0.15, 0.2) is 0 Å². The van der Waals surface area contributed by atoms with E-state index in [1.54, 1.807) is 0 Å². The monoisotopic (exact) mass is 735 g/mol. The molecule has 0 aliphatic heterocycles. The molecule has 3 heteroatoms. The van der Waals surface area contributed by atoms with Crippen LogP contribution in [0.2, 0.25) is 0 Å². The Morgan fingerprint density at radius 1 is 0.429 bits per heavy atom. The number of hydrogen-bond donors (Lipinski definition) is 0. The Balaban J connectivity index is 0.916. The Kier molecular flexibility index (Phi) is 7.42. The number of rotatable bonds is 6. The molecule has 2 heterocycles. The maximum absolute atomic E-state index is 6.34. The summed E-state index contributed by atoms with van der Waals surface area (Å²) in [7, 11) is 0. The van der Waals surface area contributed by atoms with Crippen molar-refractivity contribution in [1.82, 2.24) is 0 Å². The number of anilines is 3. The van der Waals surface area contributed by atoms with Crippen LogP contribution in [0, 0.1) is 0 Å². The molecule has 0 atom stereocenters. The maximum Gasteiger partial charge on any atom is 0.137 e. The highest BCUT2D eigenvalue weighted by Gasteiger charge is 2.38. The van der Waals surface area contributed by atoms with E-state index in [9.17, 15) is 0 Å². The number of benzene rings is 8. The minimum Gasteiger partial charge on any atom is -0.456 e. The van der Waals surface area contributed by atoms with Gasteiger partial charge in [-0.05, 0) is 110 Å². The molecule has 2 nitrogen and oxygen atoms in total. The van der Waals surface area contributed by atoms with E-state index in [1.165, 1.54) is 65.0 Å². The van der Waals surface area contributed by atoms with E-state index in [0.717, 1.165) is 39.0 Å². The zero-order valence-electron chi connectivity index (χ0n) is 31.2. The molecule has 0 spiro atoms. The molecule has 2 aromatic heterocycles. The van der Waals surface area contributed by atoms with E-state index in [1.807, 2.05) is 23.5 Å². The molecule has 0 fully saturated rings. The van der Waals surface area contributed by atoms with Crippen molar-refractivity contribution >= 4 is 60.4 Å². The van der Waals surface area contributed by atoms with Crippen LogP contribution in [0.25, 0.3) is 75.8 Å². The van der Waals surface area contributed by atoms with E-state index in [4.69, 9.17) is 4.42 Å². The van der Waals surface area contributed by atoms with Crippen LogP contribution in [0.5, 0.6) is 0 Å². The second kappa shape index (κ2) is 12.7. The van der Waals surface area contributed by atoms with Crippen molar-refractivity contribution in [1.29, 1.82) is 0 Å². The van der Waals surface area contributed by atoms with Crippen LogP contribution in [-0.4, -0.2) is 0 Å². The summed E-state index contributed by atoms with van der Waals surface area (Å²) in [5.74, 6) is 0. The molecule has 0 unspecified atom stereocenters. The molecule has 8 aromatic carbocycles. The molecule has 1 aliphatic carbocycles. The smallest absolute Gasteiger partial charge is 0.137 e. The Morgan fingerprint density at radius 3 is 1.64 bits per heavy atom. The summed E-state index contributed by atoms with van der Waals surface area (Å²) in [5.41, 5.74) is 16.5. The second-order valence-corrected chi connectivity index (χ2v) is 16.4. The molecule has 1 aliphatic rings. The summed E-state index contributed by atoms with van der Waals surface area (Å²) in [5, 5.41) is 3.65. The number of hydrogen-bond acceptors (Lipinski definition) is 3. The van der Waals surface area contributed by atoms with E-state index < -0.39 is 0 Å². The van der Waals surface area contributed by atoms with Crippen LogP contribution in [0.4, 0.5) is 17.1 Å². The summed E-state index contributed by atoms with van der Waals surface area (Å²) in [4.78, 5) is 3.74. The molecule has 11 rings (SSSR count). The fourth-order valence-electron chi connectivity index (χ4n) is 8.82. The second-order valence-electron chi connectivity index (χ2n) is 15.3. The van der Waals surface area contributed by atoms with Gasteiger partial charge in [-0.2, -0.15) is 0 Å². The molecule has 0 saturated carbocycles. The standard InChI is InChI=1S/C53H37NOS/c1-53(2)47-32-39(24-30-45(47)52-51(53)46-13-7-9-15-50(46)56-52)38-18-16-35(17-19-38)37-22-27-41(28-23-37)54(40-25-20-36(21-26-40)34-10-4-3-5-11-34)42-29-31-44-43-12-6-8-14-48(43)55-49(44)33-42/h3-33H,1-2H3. The average Bonchev–Trinajstić information content (AvgIpc) is 3.90. The summed E-state index contributed by atoms with van der Waals surface area (Å²) in [6, 6.07) is 68.0. The van der Waals surface area contributed by atoms with Crippen molar-refractivity contribution in [2.75, 3.05) is 4.90 Å². The normalized spacial score (nSPS) is 13.0. The lowest BCUT2D eigenvalue weighted by molar-refractivity contribution is 0.667. The predicted octanol–water partition coefficient (Wildman–Crippen LogP) is 15.6. The molecule has 56 heavy (non-hydrogen) atoms. The van der Waals surface area contributed by atoms with Crippen LogP contribution in [-0.2, 0) is 5.41 Å². The van der Waals surface area contributed by atoms with Crippen molar-refractivity contribution in [3.8, 4) is 43.8 Å². The fraction of sp³-hybridized carbons (Fsp3) is 0.0566. The number of thiophene rings is 1. The van der Waals surface area contributed by atoms with Gasteiger partial charge in [0.05, 0.1) is 0 Å². The van der Waals surface area contributed by atoms with E-state index in [0.29, 0.717) is 0 Å². The highest BCUT2D eigenvalue weighted by molar-refractivity contribution is 7.22. The van der Waals surface area contributed by atoms with Crippen molar-refractivity contribution < 1.29 is 4.42 Å². The van der Waals surface area contributed by atoms with Gasteiger partial charge in [0.2, 0.25) is 0 Å². The van der Waals surface area contributed by atoms with Crippen molar-refractivity contribution in [3.63, 3.8) is 0 Å². The van der Waals surface area contributed by atoms with Gasteiger partial charge in [-0.25, -0.2) is 0 Å². The minimum atomic E-state index is -0.0440. The third-order valence-corrected chi connectivity index (χ3v) is 12.9. The lowest BCUT2D eigenvalue weighted by Gasteiger charge is -2.26.